The Morgan fingerprint density at radius 2 is 2.44 bits per heavy atom. The molecule has 0 amide bonds. The topological polar surface area (TPSA) is 92.1 Å². The first kappa shape index (κ1) is 11.2. The van der Waals surface area contributed by atoms with Crippen LogP contribution in [0.15, 0.2) is 18.5 Å². The summed E-state index contributed by atoms with van der Waals surface area (Å²) >= 11 is 1.11. The molecule has 3 N–H and O–H groups in total. The molecule has 8 heteroatoms. The zero-order valence-electron chi connectivity index (χ0n) is 9.33. The van der Waals surface area contributed by atoms with E-state index < -0.39 is 5.97 Å². The van der Waals surface area contributed by atoms with Crippen molar-refractivity contribution in [2.45, 2.75) is 6.04 Å². The standard InChI is InChI=1S/C10H11N5O2S/c16-9(17)7-5-12-10(18-7)14-8-1-2-13-15(8)6-3-11-4-6/h1-2,5-6,11H,3-4H2,(H,12,14)(H,16,17). The normalized spacial score (nSPS) is 15.3. The fourth-order valence-electron chi connectivity index (χ4n) is 1.69. The second-order valence-corrected chi connectivity index (χ2v) is 4.96. The molecular formula is C10H11N5O2S. The summed E-state index contributed by atoms with van der Waals surface area (Å²) in [6.07, 6.45) is 3.06. The molecule has 2 aromatic heterocycles. The van der Waals surface area contributed by atoms with Crippen molar-refractivity contribution in [3.63, 3.8) is 0 Å². The van der Waals surface area contributed by atoms with Gasteiger partial charge in [-0.3, -0.25) is 0 Å². The van der Waals surface area contributed by atoms with Gasteiger partial charge in [0, 0.05) is 19.2 Å². The van der Waals surface area contributed by atoms with Gasteiger partial charge in [-0.05, 0) is 0 Å². The molecule has 3 heterocycles. The maximum atomic E-state index is 10.8. The molecule has 7 nitrogen and oxygen atoms in total. The number of anilines is 2. The van der Waals surface area contributed by atoms with Gasteiger partial charge in [-0.15, -0.1) is 0 Å². The number of carboxylic acid groups (broad SMARTS) is 1. The first-order chi connectivity index (χ1) is 8.74. The Balaban J connectivity index is 1.79. The lowest BCUT2D eigenvalue weighted by Crippen LogP contribution is -2.44. The van der Waals surface area contributed by atoms with Crippen LogP contribution in [0.1, 0.15) is 15.7 Å². The minimum atomic E-state index is -0.961. The molecule has 94 valence electrons. The summed E-state index contributed by atoms with van der Waals surface area (Å²) in [6.45, 7) is 1.79. The SMILES string of the molecule is O=C(O)c1cnc(Nc2ccnn2C2CNC2)s1. The number of thiazole rings is 1. The van der Waals surface area contributed by atoms with Crippen molar-refractivity contribution >= 4 is 28.3 Å². The minimum Gasteiger partial charge on any atom is -0.477 e. The summed E-state index contributed by atoms with van der Waals surface area (Å²) in [6, 6.07) is 2.20. The number of carboxylic acids is 1. The Morgan fingerprint density at radius 3 is 3.06 bits per heavy atom. The van der Waals surface area contributed by atoms with E-state index in [2.05, 4.69) is 20.7 Å². The molecule has 0 aliphatic carbocycles. The van der Waals surface area contributed by atoms with E-state index in [0.717, 1.165) is 30.2 Å². The highest BCUT2D eigenvalue weighted by Gasteiger charge is 2.22. The van der Waals surface area contributed by atoms with Crippen molar-refractivity contribution < 1.29 is 9.90 Å². The van der Waals surface area contributed by atoms with Gasteiger partial charge in [0.05, 0.1) is 18.4 Å². The third kappa shape index (κ3) is 1.95. The lowest BCUT2D eigenvalue weighted by atomic mass is 10.2. The van der Waals surface area contributed by atoms with Gasteiger partial charge in [0.15, 0.2) is 5.13 Å². The van der Waals surface area contributed by atoms with Gasteiger partial charge in [-0.25, -0.2) is 14.5 Å². The minimum absolute atomic E-state index is 0.217. The predicted molar refractivity (Wildman–Crippen MR) is 66.5 cm³/mol. The smallest absolute Gasteiger partial charge is 0.347 e. The molecule has 1 saturated heterocycles. The molecule has 0 atom stereocenters. The summed E-state index contributed by atoms with van der Waals surface area (Å²) in [5.74, 6) is -0.134. The van der Waals surface area contributed by atoms with E-state index in [-0.39, 0.29) is 4.88 Å². The molecule has 1 fully saturated rings. The van der Waals surface area contributed by atoms with Crippen LogP contribution in [0.3, 0.4) is 0 Å². The summed E-state index contributed by atoms with van der Waals surface area (Å²) < 4.78 is 1.89. The van der Waals surface area contributed by atoms with Crippen LogP contribution >= 0.6 is 11.3 Å². The van der Waals surface area contributed by atoms with Crippen LogP contribution in [0.2, 0.25) is 0 Å². The predicted octanol–water partition coefficient (Wildman–Crippen LogP) is 0.926. The second-order valence-electron chi connectivity index (χ2n) is 3.93. The number of nitrogens with zero attached hydrogens (tertiary/aromatic N) is 3. The highest BCUT2D eigenvalue weighted by molar-refractivity contribution is 7.17. The van der Waals surface area contributed by atoms with E-state index >= 15 is 0 Å². The van der Waals surface area contributed by atoms with E-state index in [1.54, 1.807) is 6.20 Å². The zero-order valence-corrected chi connectivity index (χ0v) is 10.1. The van der Waals surface area contributed by atoms with Gasteiger partial charge in [0.2, 0.25) is 0 Å². The fraction of sp³-hybridized carbons (Fsp3) is 0.300. The van der Waals surface area contributed by atoms with Gasteiger partial charge in [-0.1, -0.05) is 11.3 Å². The van der Waals surface area contributed by atoms with Crippen LogP contribution in [0, 0.1) is 0 Å². The van der Waals surface area contributed by atoms with Gasteiger partial charge in [-0.2, -0.15) is 5.10 Å². The van der Waals surface area contributed by atoms with E-state index in [9.17, 15) is 4.79 Å². The van der Waals surface area contributed by atoms with E-state index in [1.165, 1.54) is 6.20 Å². The number of rotatable bonds is 4. The van der Waals surface area contributed by atoms with E-state index in [0.29, 0.717) is 11.2 Å². The lowest BCUT2D eigenvalue weighted by Gasteiger charge is -2.28. The number of aromatic nitrogens is 3. The van der Waals surface area contributed by atoms with Gasteiger partial charge < -0.3 is 15.7 Å². The molecule has 0 spiro atoms. The van der Waals surface area contributed by atoms with Gasteiger partial charge in [0.25, 0.3) is 0 Å². The van der Waals surface area contributed by atoms with Crippen LogP contribution in [-0.4, -0.2) is 38.9 Å². The van der Waals surface area contributed by atoms with Crippen molar-refractivity contribution in [3.05, 3.63) is 23.3 Å². The Hall–Kier alpha value is -1.93. The van der Waals surface area contributed by atoms with Crippen molar-refractivity contribution in [2.24, 2.45) is 0 Å². The van der Waals surface area contributed by atoms with Gasteiger partial charge in [0.1, 0.15) is 10.7 Å². The summed E-state index contributed by atoms with van der Waals surface area (Å²) in [5.41, 5.74) is 0. The van der Waals surface area contributed by atoms with Crippen LogP contribution in [0.25, 0.3) is 0 Å². The Kier molecular flexibility index (Phi) is 2.73. The van der Waals surface area contributed by atoms with Crippen molar-refractivity contribution in [1.29, 1.82) is 0 Å². The molecule has 0 unspecified atom stereocenters. The molecule has 1 aliphatic rings. The van der Waals surface area contributed by atoms with Crippen molar-refractivity contribution in [2.75, 3.05) is 18.4 Å². The molecule has 2 aromatic rings. The van der Waals surface area contributed by atoms with Crippen molar-refractivity contribution in [3.8, 4) is 0 Å². The molecular weight excluding hydrogens is 254 g/mol. The summed E-state index contributed by atoms with van der Waals surface area (Å²) in [5, 5.41) is 19.9. The first-order valence-electron chi connectivity index (χ1n) is 5.44. The summed E-state index contributed by atoms with van der Waals surface area (Å²) in [7, 11) is 0. The van der Waals surface area contributed by atoms with E-state index in [1.807, 2.05) is 10.7 Å². The second kappa shape index (κ2) is 4.39. The Bertz CT molecular complexity index is 574. The monoisotopic (exact) mass is 265 g/mol. The average Bonchev–Trinajstić information content (AvgIpc) is 2.87. The number of nitrogens with one attached hydrogen (secondary N) is 2. The van der Waals surface area contributed by atoms with Crippen LogP contribution < -0.4 is 10.6 Å². The van der Waals surface area contributed by atoms with Crippen molar-refractivity contribution in [1.82, 2.24) is 20.1 Å². The molecule has 3 rings (SSSR count). The lowest BCUT2D eigenvalue weighted by molar-refractivity contribution is 0.0702. The molecule has 1 aliphatic heterocycles. The number of hydrogen-bond acceptors (Lipinski definition) is 6. The zero-order chi connectivity index (χ0) is 12.5. The quantitative estimate of drug-likeness (QED) is 0.761. The maximum Gasteiger partial charge on any atom is 0.347 e. The Labute approximate surface area is 106 Å². The fourth-order valence-corrected chi connectivity index (χ4v) is 2.35. The van der Waals surface area contributed by atoms with Crippen LogP contribution in [0.4, 0.5) is 10.9 Å². The van der Waals surface area contributed by atoms with Crippen LogP contribution in [-0.2, 0) is 0 Å². The number of aromatic carboxylic acids is 1. The molecule has 18 heavy (non-hydrogen) atoms. The Morgan fingerprint density at radius 1 is 1.61 bits per heavy atom. The molecule has 0 radical (unpaired) electrons. The van der Waals surface area contributed by atoms with Gasteiger partial charge >= 0.3 is 5.97 Å². The summed E-state index contributed by atoms with van der Waals surface area (Å²) in [4.78, 5) is 15.0. The highest BCUT2D eigenvalue weighted by atomic mass is 32.1. The molecule has 0 saturated carbocycles. The number of hydrogen-bond donors (Lipinski definition) is 3. The highest BCUT2D eigenvalue weighted by Crippen LogP contribution is 2.24. The first-order valence-corrected chi connectivity index (χ1v) is 6.26. The van der Waals surface area contributed by atoms with E-state index in [4.69, 9.17) is 5.11 Å². The largest absolute Gasteiger partial charge is 0.477 e. The third-order valence-electron chi connectivity index (χ3n) is 2.73. The average molecular weight is 265 g/mol. The maximum absolute atomic E-state index is 10.8. The number of carbonyl (C=O) groups is 1. The third-order valence-corrected chi connectivity index (χ3v) is 3.63. The molecule has 0 aromatic carbocycles. The van der Waals surface area contributed by atoms with Crippen LogP contribution in [0.5, 0.6) is 0 Å². The molecule has 0 bridgehead atoms.